The van der Waals surface area contributed by atoms with Gasteiger partial charge in [-0.15, -0.1) is 0 Å². The number of aryl methyl sites for hydroxylation is 3. The maximum absolute atomic E-state index is 11.4. The first-order valence-electron chi connectivity index (χ1n) is 7.59. The third-order valence-corrected chi connectivity index (χ3v) is 4.47. The van der Waals surface area contributed by atoms with E-state index in [0.717, 1.165) is 16.5 Å². The Labute approximate surface area is 139 Å². The molecule has 0 heterocycles. The second-order valence-electron chi connectivity index (χ2n) is 6.07. The molecular weight excluding hydrogens is 304 g/mol. The van der Waals surface area contributed by atoms with Crippen LogP contribution in [-0.4, -0.2) is 21.6 Å². The van der Waals surface area contributed by atoms with Crippen LogP contribution < -0.4 is 0 Å². The molecule has 0 saturated heterocycles. The van der Waals surface area contributed by atoms with E-state index < -0.39 is 0 Å². The van der Waals surface area contributed by atoms with Gasteiger partial charge in [-0.05, 0) is 72.7 Å². The fourth-order valence-electron chi connectivity index (χ4n) is 3.09. The number of hydrogen-bond donors (Lipinski definition) is 3. The lowest BCUT2D eigenvalue weighted by Gasteiger charge is -2.16. The molecule has 0 atom stereocenters. The van der Waals surface area contributed by atoms with Crippen molar-refractivity contribution in [2.24, 2.45) is 0 Å². The molecule has 0 bridgehead atoms. The van der Waals surface area contributed by atoms with Crippen molar-refractivity contribution in [2.75, 3.05) is 0 Å². The topological polar surface area (TPSA) is 77.8 Å². The first kappa shape index (κ1) is 15.9. The Kier molecular flexibility index (Phi) is 3.68. The minimum atomic E-state index is -0.132. The molecule has 3 rings (SSSR count). The summed E-state index contributed by atoms with van der Waals surface area (Å²) in [6.07, 6.45) is 0.599. The summed E-state index contributed by atoms with van der Waals surface area (Å²) < 4.78 is 0. The normalized spacial score (nSPS) is 11.0. The number of rotatable bonds is 2. The van der Waals surface area contributed by atoms with Crippen molar-refractivity contribution in [1.29, 1.82) is 0 Å². The molecule has 3 aromatic carbocycles. The number of fused-ring (bicyclic) bond motifs is 1. The van der Waals surface area contributed by atoms with Crippen LogP contribution in [0.1, 0.15) is 27.0 Å². The maximum atomic E-state index is 11.4. The van der Waals surface area contributed by atoms with E-state index in [2.05, 4.69) is 0 Å². The second kappa shape index (κ2) is 5.57. The fraction of sp³-hybridized carbons (Fsp3) is 0.150. The van der Waals surface area contributed by atoms with Gasteiger partial charge in [-0.3, -0.25) is 4.79 Å². The van der Waals surface area contributed by atoms with Gasteiger partial charge in [-0.2, -0.15) is 0 Å². The van der Waals surface area contributed by atoms with E-state index >= 15 is 0 Å². The van der Waals surface area contributed by atoms with Gasteiger partial charge in [0.15, 0.2) is 6.29 Å². The summed E-state index contributed by atoms with van der Waals surface area (Å²) in [5, 5.41) is 31.6. The number of phenolic OH excluding ortho intramolecular Hbond substituents is 3. The monoisotopic (exact) mass is 322 g/mol. The number of aldehydes is 1. The van der Waals surface area contributed by atoms with E-state index in [-0.39, 0.29) is 22.8 Å². The molecule has 3 aromatic rings. The quantitative estimate of drug-likeness (QED) is 0.613. The Morgan fingerprint density at radius 2 is 1.58 bits per heavy atom. The highest BCUT2D eigenvalue weighted by atomic mass is 16.3. The molecule has 0 saturated carbocycles. The van der Waals surface area contributed by atoms with Crippen LogP contribution in [0.4, 0.5) is 0 Å². The van der Waals surface area contributed by atoms with Crippen LogP contribution in [0.3, 0.4) is 0 Å². The van der Waals surface area contributed by atoms with Gasteiger partial charge in [0, 0.05) is 10.9 Å². The summed E-state index contributed by atoms with van der Waals surface area (Å²) in [4.78, 5) is 11.4. The summed E-state index contributed by atoms with van der Waals surface area (Å²) in [7, 11) is 0. The predicted molar refractivity (Wildman–Crippen MR) is 94.0 cm³/mol. The van der Waals surface area contributed by atoms with Gasteiger partial charge in [-0.1, -0.05) is 6.07 Å². The highest BCUT2D eigenvalue weighted by molar-refractivity contribution is 6.07. The van der Waals surface area contributed by atoms with Crippen molar-refractivity contribution < 1.29 is 20.1 Å². The van der Waals surface area contributed by atoms with Gasteiger partial charge in [0.05, 0.1) is 5.56 Å². The van der Waals surface area contributed by atoms with Crippen LogP contribution in [0.5, 0.6) is 17.2 Å². The molecule has 3 N–H and O–H groups in total. The summed E-state index contributed by atoms with van der Waals surface area (Å²) in [5.74, 6) is 0.170. The van der Waals surface area contributed by atoms with E-state index in [4.69, 9.17) is 0 Å². The first-order chi connectivity index (χ1) is 11.3. The molecule has 0 aromatic heterocycles. The Balaban J connectivity index is 2.49. The first-order valence-corrected chi connectivity index (χ1v) is 7.59. The van der Waals surface area contributed by atoms with Crippen LogP contribution in [0.2, 0.25) is 0 Å². The number of phenols is 3. The van der Waals surface area contributed by atoms with Crippen LogP contribution in [0.25, 0.3) is 21.9 Å². The van der Waals surface area contributed by atoms with Crippen molar-refractivity contribution in [1.82, 2.24) is 0 Å². The molecule has 0 aliphatic heterocycles. The number of benzene rings is 3. The molecule has 0 aliphatic rings. The van der Waals surface area contributed by atoms with Gasteiger partial charge in [0.2, 0.25) is 0 Å². The molecular formula is C20H18O4. The lowest BCUT2D eigenvalue weighted by molar-refractivity contribution is 0.112. The van der Waals surface area contributed by atoms with E-state index in [0.29, 0.717) is 28.4 Å². The lowest BCUT2D eigenvalue weighted by Crippen LogP contribution is -1.93. The molecule has 4 heteroatoms. The molecule has 0 spiro atoms. The molecule has 24 heavy (non-hydrogen) atoms. The van der Waals surface area contributed by atoms with Crippen LogP contribution in [0, 0.1) is 20.8 Å². The number of aromatic hydroxyl groups is 3. The van der Waals surface area contributed by atoms with E-state index in [1.807, 2.05) is 6.07 Å². The average molecular weight is 322 g/mol. The molecule has 0 radical (unpaired) electrons. The van der Waals surface area contributed by atoms with Crippen molar-refractivity contribution in [2.45, 2.75) is 20.8 Å². The molecule has 0 unspecified atom stereocenters. The third-order valence-electron chi connectivity index (χ3n) is 4.47. The van der Waals surface area contributed by atoms with E-state index in [1.54, 1.807) is 45.0 Å². The van der Waals surface area contributed by atoms with Gasteiger partial charge in [-0.25, -0.2) is 0 Å². The minimum Gasteiger partial charge on any atom is -0.508 e. The average Bonchev–Trinajstić information content (AvgIpc) is 2.55. The minimum absolute atomic E-state index is 0.105. The molecule has 0 aliphatic carbocycles. The zero-order valence-electron chi connectivity index (χ0n) is 13.7. The fourth-order valence-corrected chi connectivity index (χ4v) is 3.09. The Bertz CT molecular complexity index is 987. The summed E-state index contributed by atoms with van der Waals surface area (Å²) >= 11 is 0. The van der Waals surface area contributed by atoms with Gasteiger partial charge < -0.3 is 15.3 Å². The van der Waals surface area contributed by atoms with Crippen molar-refractivity contribution in [3.63, 3.8) is 0 Å². The maximum Gasteiger partial charge on any atom is 0.153 e. The van der Waals surface area contributed by atoms with Crippen LogP contribution in [0.15, 0.2) is 30.3 Å². The highest BCUT2D eigenvalue weighted by Crippen LogP contribution is 2.42. The van der Waals surface area contributed by atoms with Crippen molar-refractivity contribution in [3.05, 3.63) is 52.6 Å². The molecule has 4 nitrogen and oxygen atoms in total. The van der Waals surface area contributed by atoms with Crippen LogP contribution >= 0.6 is 0 Å². The summed E-state index contributed by atoms with van der Waals surface area (Å²) in [6, 6.07) is 8.62. The largest absolute Gasteiger partial charge is 0.508 e. The predicted octanol–water partition coefficient (Wildman–Crippen LogP) is 4.36. The zero-order valence-corrected chi connectivity index (χ0v) is 13.7. The van der Waals surface area contributed by atoms with E-state index in [9.17, 15) is 20.1 Å². The summed E-state index contributed by atoms with van der Waals surface area (Å²) in [5.41, 5.74) is 3.68. The number of carbonyl (C=O) groups is 1. The lowest BCUT2D eigenvalue weighted by atomic mass is 9.90. The Morgan fingerprint density at radius 3 is 2.21 bits per heavy atom. The molecule has 122 valence electrons. The second-order valence-corrected chi connectivity index (χ2v) is 6.07. The molecule has 0 amide bonds. The smallest absolute Gasteiger partial charge is 0.153 e. The molecule has 0 fully saturated rings. The third kappa shape index (κ3) is 2.27. The van der Waals surface area contributed by atoms with Crippen molar-refractivity contribution >= 4 is 17.1 Å². The van der Waals surface area contributed by atoms with E-state index in [1.165, 1.54) is 0 Å². The van der Waals surface area contributed by atoms with Crippen molar-refractivity contribution in [3.8, 4) is 28.4 Å². The van der Waals surface area contributed by atoms with Gasteiger partial charge >= 0.3 is 0 Å². The zero-order chi connectivity index (χ0) is 17.6. The SMILES string of the molecule is Cc1cc(-c2cc(C=O)c(O)c3c(C)c(O)c(C)cc23)ccc1O. The standard InChI is InChI=1S/C20H18O4/c1-10-6-13(4-5-17(10)22)15-8-14(9-21)20(24)18-12(3)19(23)11(2)7-16(15)18/h4-9,22-24H,1-3H3. The summed E-state index contributed by atoms with van der Waals surface area (Å²) in [6.45, 7) is 5.30. The van der Waals surface area contributed by atoms with Crippen LogP contribution in [-0.2, 0) is 0 Å². The highest BCUT2D eigenvalue weighted by Gasteiger charge is 2.18. The number of hydrogen-bond acceptors (Lipinski definition) is 4. The van der Waals surface area contributed by atoms with Gasteiger partial charge in [0.1, 0.15) is 17.2 Å². The Morgan fingerprint density at radius 1 is 0.875 bits per heavy atom. The van der Waals surface area contributed by atoms with Gasteiger partial charge in [0.25, 0.3) is 0 Å². The number of carbonyl (C=O) groups excluding carboxylic acids is 1. The Hall–Kier alpha value is -3.01.